The Labute approximate surface area is 144 Å². The van der Waals surface area contributed by atoms with Gasteiger partial charge in [0.05, 0.1) is 12.3 Å². The molecule has 5 heteroatoms. The molecule has 24 heavy (non-hydrogen) atoms. The van der Waals surface area contributed by atoms with E-state index in [4.69, 9.17) is 9.72 Å². The van der Waals surface area contributed by atoms with E-state index in [0.29, 0.717) is 0 Å². The summed E-state index contributed by atoms with van der Waals surface area (Å²) >= 11 is 0. The van der Waals surface area contributed by atoms with Crippen molar-refractivity contribution in [1.29, 1.82) is 0 Å². The predicted molar refractivity (Wildman–Crippen MR) is 94.9 cm³/mol. The second-order valence-electron chi connectivity index (χ2n) is 6.63. The summed E-state index contributed by atoms with van der Waals surface area (Å²) in [6.07, 6.45) is 6.33. The first-order valence-electron chi connectivity index (χ1n) is 8.95. The molecule has 2 bridgehead atoms. The fourth-order valence-electron chi connectivity index (χ4n) is 3.26. The van der Waals surface area contributed by atoms with E-state index in [9.17, 15) is 0 Å². The Bertz CT molecular complexity index is 653. The number of aromatic nitrogens is 3. The van der Waals surface area contributed by atoms with Crippen LogP contribution in [0, 0.1) is 6.92 Å². The van der Waals surface area contributed by atoms with Gasteiger partial charge in [-0.05, 0) is 51.3 Å². The molecule has 0 fully saturated rings. The highest BCUT2D eigenvalue weighted by molar-refractivity contribution is 5.15. The third kappa shape index (κ3) is 4.89. The molecule has 0 saturated carbocycles. The van der Waals surface area contributed by atoms with Crippen LogP contribution in [-0.2, 0) is 31.2 Å². The van der Waals surface area contributed by atoms with Crippen molar-refractivity contribution in [3.05, 3.63) is 47.0 Å². The van der Waals surface area contributed by atoms with Crippen LogP contribution in [0.15, 0.2) is 24.4 Å². The zero-order chi connectivity index (χ0) is 16.8. The van der Waals surface area contributed by atoms with Gasteiger partial charge in [-0.15, -0.1) is 0 Å². The molecule has 0 radical (unpaired) electrons. The maximum absolute atomic E-state index is 5.83. The Morgan fingerprint density at radius 1 is 1.08 bits per heavy atom. The molecule has 0 aromatic carbocycles. The van der Waals surface area contributed by atoms with Crippen LogP contribution in [0.5, 0.6) is 0 Å². The van der Waals surface area contributed by atoms with Gasteiger partial charge in [0, 0.05) is 49.9 Å². The number of hydrogen-bond donors (Lipinski definition) is 0. The molecule has 5 nitrogen and oxygen atoms in total. The summed E-state index contributed by atoms with van der Waals surface area (Å²) in [5.74, 6) is 0. The van der Waals surface area contributed by atoms with Crippen molar-refractivity contribution in [3.8, 4) is 0 Å². The van der Waals surface area contributed by atoms with Gasteiger partial charge in [-0.2, -0.15) is 5.10 Å². The van der Waals surface area contributed by atoms with Crippen molar-refractivity contribution in [2.45, 2.75) is 39.2 Å². The van der Waals surface area contributed by atoms with Crippen molar-refractivity contribution in [2.24, 2.45) is 7.05 Å². The number of ether oxygens (including phenoxy) is 1. The van der Waals surface area contributed by atoms with Crippen LogP contribution in [-0.4, -0.2) is 46.0 Å². The van der Waals surface area contributed by atoms with E-state index >= 15 is 0 Å². The quantitative estimate of drug-likeness (QED) is 0.850. The fourth-order valence-corrected chi connectivity index (χ4v) is 3.26. The number of pyridine rings is 1. The summed E-state index contributed by atoms with van der Waals surface area (Å²) in [7, 11) is 1.98. The van der Waals surface area contributed by atoms with Gasteiger partial charge in [-0.25, -0.2) is 0 Å². The van der Waals surface area contributed by atoms with E-state index in [1.54, 1.807) is 0 Å². The molecule has 130 valence electrons. The van der Waals surface area contributed by atoms with Gasteiger partial charge in [0.25, 0.3) is 0 Å². The topological polar surface area (TPSA) is 43.2 Å². The fraction of sp³-hybridized carbons (Fsp3) is 0.579. The molecule has 0 spiro atoms. The summed E-state index contributed by atoms with van der Waals surface area (Å²) in [6.45, 7) is 6.66. The third-order valence-electron chi connectivity index (χ3n) is 4.55. The summed E-state index contributed by atoms with van der Waals surface area (Å²) in [6, 6.07) is 6.41. The number of hydrogen-bond acceptors (Lipinski definition) is 4. The monoisotopic (exact) mass is 328 g/mol. The highest BCUT2D eigenvalue weighted by Crippen LogP contribution is 2.11. The summed E-state index contributed by atoms with van der Waals surface area (Å²) in [4.78, 5) is 7.25. The minimum absolute atomic E-state index is 0.796. The Kier molecular flexibility index (Phi) is 5.99. The standard InChI is InChI=1S/C19H28N4O/c1-16-17(14-22(2)21-16)15-23-10-4-8-18-6-3-7-19(20-18)9-5-12-24-13-11-23/h3,6-7,14H,4-5,8-13,15H2,1-2H3. The van der Waals surface area contributed by atoms with Gasteiger partial charge >= 0.3 is 0 Å². The van der Waals surface area contributed by atoms with Gasteiger partial charge < -0.3 is 4.74 Å². The Morgan fingerprint density at radius 2 is 1.88 bits per heavy atom. The van der Waals surface area contributed by atoms with Gasteiger partial charge in [0.2, 0.25) is 0 Å². The van der Waals surface area contributed by atoms with E-state index in [0.717, 1.165) is 64.2 Å². The highest BCUT2D eigenvalue weighted by atomic mass is 16.5. The maximum atomic E-state index is 5.83. The molecule has 1 aliphatic heterocycles. The largest absolute Gasteiger partial charge is 0.380 e. The lowest BCUT2D eigenvalue weighted by Crippen LogP contribution is -2.29. The summed E-state index contributed by atoms with van der Waals surface area (Å²) in [5.41, 5.74) is 4.83. The Balaban J connectivity index is 1.64. The number of nitrogens with zero attached hydrogens (tertiary/aromatic N) is 4. The van der Waals surface area contributed by atoms with Crippen LogP contribution >= 0.6 is 0 Å². The van der Waals surface area contributed by atoms with Crippen LogP contribution in [0.4, 0.5) is 0 Å². The van der Waals surface area contributed by atoms with E-state index < -0.39 is 0 Å². The summed E-state index contributed by atoms with van der Waals surface area (Å²) in [5, 5.41) is 4.46. The van der Waals surface area contributed by atoms with E-state index in [2.05, 4.69) is 41.3 Å². The lowest BCUT2D eigenvalue weighted by molar-refractivity contribution is 0.0991. The molecule has 3 rings (SSSR count). The molecule has 0 amide bonds. The van der Waals surface area contributed by atoms with E-state index in [1.165, 1.54) is 17.0 Å². The lowest BCUT2D eigenvalue weighted by Gasteiger charge is -2.22. The van der Waals surface area contributed by atoms with Crippen molar-refractivity contribution in [2.75, 3.05) is 26.3 Å². The molecule has 0 atom stereocenters. The molecule has 3 heterocycles. The van der Waals surface area contributed by atoms with Crippen LogP contribution in [0.1, 0.15) is 35.5 Å². The third-order valence-corrected chi connectivity index (χ3v) is 4.55. The van der Waals surface area contributed by atoms with Crippen LogP contribution in [0.25, 0.3) is 0 Å². The van der Waals surface area contributed by atoms with Gasteiger partial charge in [-0.3, -0.25) is 14.6 Å². The maximum Gasteiger partial charge on any atom is 0.0638 e. The normalized spacial score (nSPS) is 17.8. The molecule has 0 aliphatic carbocycles. The number of fused-ring (bicyclic) bond motifs is 2. The zero-order valence-electron chi connectivity index (χ0n) is 14.9. The van der Waals surface area contributed by atoms with E-state index in [1.807, 2.05) is 11.7 Å². The molecule has 2 aromatic rings. The van der Waals surface area contributed by atoms with Gasteiger partial charge in [-0.1, -0.05) is 6.07 Å². The first-order chi connectivity index (χ1) is 11.7. The molecule has 0 saturated heterocycles. The molecular formula is C19H28N4O. The molecular weight excluding hydrogens is 300 g/mol. The zero-order valence-corrected chi connectivity index (χ0v) is 14.9. The minimum atomic E-state index is 0.796. The van der Waals surface area contributed by atoms with Crippen LogP contribution < -0.4 is 0 Å². The number of aryl methyl sites for hydroxylation is 4. The van der Waals surface area contributed by atoms with E-state index in [-0.39, 0.29) is 0 Å². The highest BCUT2D eigenvalue weighted by Gasteiger charge is 2.11. The summed E-state index contributed by atoms with van der Waals surface area (Å²) < 4.78 is 7.73. The Morgan fingerprint density at radius 3 is 2.62 bits per heavy atom. The van der Waals surface area contributed by atoms with Gasteiger partial charge in [0.1, 0.15) is 0 Å². The van der Waals surface area contributed by atoms with Crippen LogP contribution in [0.2, 0.25) is 0 Å². The van der Waals surface area contributed by atoms with Crippen molar-refractivity contribution >= 4 is 0 Å². The minimum Gasteiger partial charge on any atom is -0.380 e. The van der Waals surface area contributed by atoms with Crippen molar-refractivity contribution in [3.63, 3.8) is 0 Å². The van der Waals surface area contributed by atoms with Crippen LogP contribution in [0.3, 0.4) is 0 Å². The molecule has 0 N–H and O–H groups in total. The number of rotatable bonds is 2. The smallest absolute Gasteiger partial charge is 0.0638 e. The van der Waals surface area contributed by atoms with Crippen molar-refractivity contribution < 1.29 is 4.74 Å². The first-order valence-corrected chi connectivity index (χ1v) is 8.95. The molecule has 2 aromatic heterocycles. The van der Waals surface area contributed by atoms with Crippen molar-refractivity contribution in [1.82, 2.24) is 19.7 Å². The average Bonchev–Trinajstić information content (AvgIpc) is 2.88. The molecule has 0 unspecified atom stereocenters. The first kappa shape index (κ1) is 17.1. The SMILES string of the molecule is Cc1nn(C)cc1CN1CCCc2cccc(n2)CCCOCC1. The molecule has 1 aliphatic rings. The average molecular weight is 328 g/mol. The Hall–Kier alpha value is -1.72. The predicted octanol–water partition coefficient (Wildman–Crippen LogP) is 2.52. The van der Waals surface area contributed by atoms with Gasteiger partial charge in [0.15, 0.2) is 0 Å². The second kappa shape index (κ2) is 8.40. The lowest BCUT2D eigenvalue weighted by atomic mass is 10.1. The second-order valence-corrected chi connectivity index (χ2v) is 6.63.